The van der Waals surface area contributed by atoms with Crippen molar-refractivity contribution < 1.29 is 4.74 Å². The van der Waals surface area contributed by atoms with Crippen LogP contribution in [0.2, 0.25) is 0 Å². The lowest BCUT2D eigenvalue weighted by Crippen LogP contribution is -2.42. The van der Waals surface area contributed by atoms with E-state index in [2.05, 4.69) is 51.3 Å². The van der Waals surface area contributed by atoms with Crippen molar-refractivity contribution in [3.05, 3.63) is 54.1 Å². The Morgan fingerprint density at radius 3 is 2.90 bits per heavy atom. The molecule has 1 aromatic heterocycles. The molecule has 0 radical (unpaired) electrons. The van der Waals surface area contributed by atoms with Gasteiger partial charge in [0.2, 0.25) is 0 Å². The van der Waals surface area contributed by atoms with Crippen molar-refractivity contribution in [2.45, 2.75) is 25.9 Å². The highest BCUT2D eigenvalue weighted by atomic mass is 16.5. The zero-order chi connectivity index (χ0) is 14.5. The first-order chi connectivity index (χ1) is 10.3. The third-order valence-electron chi connectivity index (χ3n) is 3.84. The van der Waals surface area contributed by atoms with Gasteiger partial charge in [0.1, 0.15) is 6.33 Å². The van der Waals surface area contributed by atoms with Gasteiger partial charge in [-0.05, 0) is 38.0 Å². The number of para-hydroxylation sites is 1. The first-order valence-corrected chi connectivity index (χ1v) is 7.50. The maximum Gasteiger partial charge on any atom is 0.115 e. The zero-order valence-corrected chi connectivity index (χ0v) is 12.4. The largest absolute Gasteiger partial charge is 0.375 e. The number of aryl methyl sites for hydroxylation is 2. The van der Waals surface area contributed by atoms with Crippen LogP contribution in [-0.4, -0.2) is 35.8 Å². The Labute approximate surface area is 125 Å². The molecule has 110 valence electrons. The van der Waals surface area contributed by atoms with E-state index in [1.807, 2.05) is 6.92 Å². The summed E-state index contributed by atoms with van der Waals surface area (Å²) in [6.45, 7) is 4.71. The van der Waals surface area contributed by atoms with Crippen molar-refractivity contribution in [1.82, 2.24) is 9.97 Å². The number of anilines is 1. The lowest BCUT2D eigenvalue weighted by molar-refractivity contribution is 0.0353. The molecule has 0 unspecified atom stereocenters. The number of morpholine rings is 1. The highest BCUT2D eigenvalue weighted by Crippen LogP contribution is 2.19. The van der Waals surface area contributed by atoms with Crippen LogP contribution in [0.4, 0.5) is 5.69 Å². The summed E-state index contributed by atoms with van der Waals surface area (Å²) in [5.41, 5.74) is 3.40. The number of benzene rings is 1. The Kier molecular flexibility index (Phi) is 4.46. The van der Waals surface area contributed by atoms with E-state index in [1.165, 1.54) is 5.69 Å². The van der Waals surface area contributed by atoms with E-state index in [4.69, 9.17) is 4.74 Å². The Morgan fingerprint density at radius 1 is 1.24 bits per heavy atom. The van der Waals surface area contributed by atoms with Gasteiger partial charge in [-0.2, -0.15) is 0 Å². The third-order valence-corrected chi connectivity index (χ3v) is 3.84. The molecule has 0 aliphatic carbocycles. The van der Waals surface area contributed by atoms with Crippen LogP contribution in [0, 0.1) is 6.92 Å². The van der Waals surface area contributed by atoms with Gasteiger partial charge in [0.05, 0.1) is 12.7 Å². The van der Waals surface area contributed by atoms with Gasteiger partial charge in [-0.25, -0.2) is 9.97 Å². The summed E-state index contributed by atoms with van der Waals surface area (Å²) in [5.74, 6) is 0. The normalized spacial score (nSPS) is 18.7. The first-order valence-electron chi connectivity index (χ1n) is 7.50. The topological polar surface area (TPSA) is 38.2 Å². The van der Waals surface area contributed by atoms with Gasteiger partial charge in [-0.15, -0.1) is 0 Å². The fraction of sp³-hybridized carbons (Fsp3) is 0.412. The Balaban J connectivity index is 1.57. The minimum absolute atomic E-state index is 0.272. The molecule has 0 spiro atoms. The van der Waals surface area contributed by atoms with Crippen LogP contribution in [0.15, 0.2) is 42.7 Å². The third kappa shape index (κ3) is 3.79. The molecule has 1 atom stereocenters. The summed E-state index contributed by atoms with van der Waals surface area (Å²) < 4.78 is 5.90. The fourth-order valence-corrected chi connectivity index (χ4v) is 2.72. The van der Waals surface area contributed by atoms with E-state index in [0.29, 0.717) is 0 Å². The van der Waals surface area contributed by atoms with Crippen molar-refractivity contribution in [3.8, 4) is 0 Å². The summed E-state index contributed by atoms with van der Waals surface area (Å²) >= 11 is 0. The molecule has 3 rings (SSSR count). The molecule has 21 heavy (non-hydrogen) atoms. The molecule has 1 aromatic carbocycles. The quantitative estimate of drug-likeness (QED) is 0.864. The van der Waals surface area contributed by atoms with Gasteiger partial charge in [0.25, 0.3) is 0 Å². The average molecular weight is 283 g/mol. The van der Waals surface area contributed by atoms with Gasteiger partial charge >= 0.3 is 0 Å². The molecule has 4 heteroatoms. The molecule has 4 nitrogen and oxygen atoms in total. The van der Waals surface area contributed by atoms with Crippen LogP contribution in [0.3, 0.4) is 0 Å². The number of aromatic nitrogens is 2. The highest BCUT2D eigenvalue weighted by molar-refractivity contribution is 5.46. The first kappa shape index (κ1) is 14.0. The number of rotatable bonds is 4. The van der Waals surface area contributed by atoms with Gasteiger partial charge in [0, 0.05) is 30.2 Å². The fourth-order valence-electron chi connectivity index (χ4n) is 2.72. The molecule has 1 fully saturated rings. The maximum atomic E-state index is 5.90. The standard InChI is InChI=1S/C17H21N3O/c1-14-11-15(19-13-18-14)7-8-17-12-20(9-10-21-17)16-5-3-2-4-6-16/h2-6,11,13,17H,7-10,12H2,1H3/t17-/m1/s1. The molecule has 0 bridgehead atoms. The summed E-state index contributed by atoms with van der Waals surface area (Å²) in [4.78, 5) is 10.9. The van der Waals surface area contributed by atoms with E-state index in [9.17, 15) is 0 Å². The molecule has 1 aliphatic rings. The van der Waals surface area contributed by atoms with Crippen LogP contribution in [-0.2, 0) is 11.2 Å². The Morgan fingerprint density at radius 2 is 2.10 bits per heavy atom. The van der Waals surface area contributed by atoms with Crippen LogP contribution in [0.1, 0.15) is 17.8 Å². The second-order valence-corrected chi connectivity index (χ2v) is 5.46. The molecule has 1 aliphatic heterocycles. The minimum Gasteiger partial charge on any atom is -0.375 e. The number of hydrogen-bond donors (Lipinski definition) is 0. The van der Waals surface area contributed by atoms with E-state index in [-0.39, 0.29) is 6.10 Å². The zero-order valence-electron chi connectivity index (χ0n) is 12.4. The Hall–Kier alpha value is -1.94. The van der Waals surface area contributed by atoms with E-state index in [0.717, 1.165) is 43.9 Å². The molecule has 0 N–H and O–H groups in total. The maximum absolute atomic E-state index is 5.90. The Bertz CT molecular complexity index is 573. The van der Waals surface area contributed by atoms with Crippen molar-refractivity contribution in [1.29, 1.82) is 0 Å². The lowest BCUT2D eigenvalue weighted by atomic mass is 10.1. The summed E-state index contributed by atoms with van der Waals surface area (Å²) in [7, 11) is 0. The van der Waals surface area contributed by atoms with E-state index < -0.39 is 0 Å². The van der Waals surface area contributed by atoms with Crippen molar-refractivity contribution in [2.24, 2.45) is 0 Å². The number of hydrogen-bond acceptors (Lipinski definition) is 4. The minimum atomic E-state index is 0.272. The number of nitrogens with zero attached hydrogens (tertiary/aromatic N) is 3. The summed E-state index contributed by atoms with van der Waals surface area (Å²) in [6, 6.07) is 12.6. The predicted molar refractivity (Wildman–Crippen MR) is 83.5 cm³/mol. The highest BCUT2D eigenvalue weighted by Gasteiger charge is 2.20. The molecule has 1 saturated heterocycles. The smallest absolute Gasteiger partial charge is 0.115 e. The predicted octanol–water partition coefficient (Wildman–Crippen LogP) is 2.62. The second-order valence-electron chi connectivity index (χ2n) is 5.46. The van der Waals surface area contributed by atoms with E-state index in [1.54, 1.807) is 6.33 Å². The van der Waals surface area contributed by atoms with Crippen LogP contribution in [0.25, 0.3) is 0 Å². The van der Waals surface area contributed by atoms with Gasteiger partial charge in [0.15, 0.2) is 0 Å². The molecular formula is C17H21N3O. The van der Waals surface area contributed by atoms with Crippen LogP contribution in [0.5, 0.6) is 0 Å². The SMILES string of the molecule is Cc1cc(CC[C@@H]2CN(c3ccccc3)CCO2)ncn1. The lowest BCUT2D eigenvalue weighted by Gasteiger charge is -2.34. The van der Waals surface area contributed by atoms with Gasteiger partial charge in [-0.1, -0.05) is 18.2 Å². The monoisotopic (exact) mass is 283 g/mol. The number of ether oxygens (including phenoxy) is 1. The summed E-state index contributed by atoms with van der Waals surface area (Å²) in [5, 5.41) is 0. The van der Waals surface area contributed by atoms with Crippen molar-refractivity contribution >= 4 is 5.69 Å². The van der Waals surface area contributed by atoms with Crippen LogP contribution < -0.4 is 4.90 Å². The second kappa shape index (κ2) is 6.68. The molecule has 2 aromatic rings. The van der Waals surface area contributed by atoms with Gasteiger partial charge < -0.3 is 9.64 Å². The average Bonchev–Trinajstić information content (AvgIpc) is 2.54. The molecule has 0 amide bonds. The van der Waals surface area contributed by atoms with Crippen molar-refractivity contribution in [3.63, 3.8) is 0 Å². The van der Waals surface area contributed by atoms with E-state index >= 15 is 0 Å². The van der Waals surface area contributed by atoms with Crippen LogP contribution >= 0.6 is 0 Å². The van der Waals surface area contributed by atoms with Gasteiger partial charge in [-0.3, -0.25) is 0 Å². The molecular weight excluding hydrogens is 262 g/mol. The summed E-state index contributed by atoms with van der Waals surface area (Å²) in [6.07, 6.45) is 3.85. The van der Waals surface area contributed by atoms with Crippen molar-refractivity contribution in [2.75, 3.05) is 24.6 Å². The molecule has 2 heterocycles. The molecule has 0 saturated carbocycles.